The van der Waals surface area contributed by atoms with Gasteiger partial charge < -0.3 is 15.3 Å². The van der Waals surface area contributed by atoms with Crippen LogP contribution in [0.5, 0.6) is 0 Å². The minimum Gasteiger partial charge on any atom is -0.396 e. The molecule has 0 saturated carbocycles. The average Bonchev–Trinajstić information content (AvgIpc) is 2.65. The van der Waals surface area contributed by atoms with Gasteiger partial charge in [0, 0.05) is 26.1 Å². The van der Waals surface area contributed by atoms with Crippen LogP contribution >= 0.6 is 0 Å². The largest absolute Gasteiger partial charge is 0.396 e. The van der Waals surface area contributed by atoms with Gasteiger partial charge in [0.15, 0.2) is 0 Å². The Morgan fingerprint density at radius 2 is 2.08 bits per heavy atom. The van der Waals surface area contributed by atoms with Gasteiger partial charge >= 0.3 is 0 Å². The smallest absolute Gasteiger partial charge is 0.225 e. The molecule has 0 aliphatic carbocycles. The molecule has 1 aliphatic rings. The van der Waals surface area contributed by atoms with Crippen molar-refractivity contribution in [3.05, 3.63) is 35.9 Å². The number of carbonyl (C=O) groups is 2. The molecule has 0 aromatic heterocycles. The number of rotatable bonds is 7. The summed E-state index contributed by atoms with van der Waals surface area (Å²) in [5, 5.41) is 12.2. The van der Waals surface area contributed by atoms with Crippen molar-refractivity contribution < 1.29 is 14.7 Å². The minimum atomic E-state index is -0.144. The second-order valence-electron chi connectivity index (χ2n) is 6.37. The van der Waals surface area contributed by atoms with Gasteiger partial charge in [-0.1, -0.05) is 37.3 Å². The quantitative estimate of drug-likeness (QED) is 0.805. The Kier molecular flexibility index (Phi) is 7.25. The number of carbonyl (C=O) groups excluding carboxylic acids is 2. The van der Waals surface area contributed by atoms with Crippen LogP contribution in [0.15, 0.2) is 30.3 Å². The van der Waals surface area contributed by atoms with Gasteiger partial charge in [-0.05, 0) is 31.2 Å². The zero-order valence-electron chi connectivity index (χ0n) is 14.4. The number of amides is 2. The third-order valence-corrected chi connectivity index (χ3v) is 4.62. The lowest BCUT2D eigenvalue weighted by Gasteiger charge is -2.33. The topological polar surface area (TPSA) is 69.6 Å². The molecule has 2 atom stereocenters. The van der Waals surface area contributed by atoms with E-state index in [1.165, 1.54) is 0 Å². The number of nitrogens with zero attached hydrogens (tertiary/aromatic N) is 1. The highest BCUT2D eigenvalue weighted by atomic mass is 16.3. The van der Waals surface area contributed by atoms with E-state index in [-0.39, 0.29) is 30.4 Å². The number of piperidine rings is 1. The van der Waals surface area contributed by atoms with Crippen LogP contribution in [0.3, 0.4) is 0 Å². The van der Waals surface area contributed by atoms with Gasteiger partial charge in [-0.3, -0.25) is 9.59 Å². The monoisotopic (exact) mass is 332 g/mol. The lowest BCUT2D eigenvalue weighted by atomic mass is 9.95. The predicted molar refractivity (Wildman–Crippen MR) is 93.2 cm³/mol. The molecule has 1 fully saturated rings. The van der Waals surface area contributed by atoms with E-state index in [1.54, 1.807) is 4.90 Å². The Labute approximate surface area is 144 Å². The van der Waals surface area contributed by atoms with Gasteiger partial charge in [-0.2, -0.15) is 0 Å². The van der Waals surface area contributed by atoms with E-state index in [9.17, 15) is 9.59 Å². The molecule has 1 aliphatic heterocycles. The molecule has 2 rings (SSSR count). The van der Waals surface area contributed by atoms with Crippen LogP contribution in [0.25, 0.3) is 0 Å². The molecule has 132 valence electrons. The third-order valence-electron chi connectivity index (χ3n) is 4.62. The molecular weight excluding hydrogens is 304 g/mol. The van der Waals surface area contributed by atoms with Crippen molar-refractivity contribution in [3.8, 4) is 0 Å². The van der Waals surface area contributed by atoms with Crippen molar-refractivity contribution in [1.29, 1.82) is 0 Å². The summed E-state index contributed by atoms with van der Waals surface area (Å²) in [6, 6.07) is 9.75. The van der Waals surface area contributed by atoms with Crippen molar-refractivity contribution in [2.75, 3.05) is 19.7 Å². The number of nitrogens with one attached hydrogen (secondary N) is 1. The molecule has 0 radical (unpaired) electrons. The summed E-state index contributed by atoms with van der Waals surface area (Å²) in [4.78, 5) is 26.4. The number of aliphatic hydroxyl groups excluding tert-OH is 1. The van der Waals surface area contributed by atoms with E-state index in [2.05, 4.69) is 5.32 Å². The number of hydrogen-bond acceptors (Lipinski definition) is 3. The van der Waals surface area contributed by atoms with Crippen molar-refractivity contribution >= 4 is 11.8 Å². The van der Waals surface area contributed by atoms with Crippen LogP contribution in [0.4, 0.5) is 0 Å². The van der Waals surface area contributed by atoms with Gasteiger partial charge in [0.25, 0.3) is 0 Å². The second-order valence-corrected chi connectivity index (χ2v) is 6.37. The predicted octanol–water partition coefficient (Wildman–Crippen LogP) is 2.27. The molecule has 1 saturated heterocycles. The summed E-state index contributed by atoms with van der Waals surface area (Å²) < 4.78 is 0. The van der Waals surface area contributed by atoms with Crippen LogP contribution in [0.2, 0.25) is 0 Å². The van der Waals surface area contributed by atoms with Gasteiger partial charge in [-0.25, -0.2) is 0 Å². The fourth-order valence-electron chi connectivity index (χ4n) is 3.23. The van der Waals surface area contributed by atoms with E-state index in [1.807, 2.05) is 37.3 Å². The third kappa shape index (κ3) is 5.06. The number of benzene rings is 1. The maximum atomic E-state index is 12.7. The first-order valence-electron chi connectivity index (χ1n) is 8.89. The van der Waals surface area contributed by atoms with E-state index in [0.717, 1.165) is 24.9 Å². The molecule has 2 amide bonds. The molecule has 0 bridgehead atoms. The number of likely N-dealkylation sites (tertiary alicyclic amines) is 1. The van der Waals surface area contributed by atoms with Crippen molar-refractivity contribution in [2.45, 2.75) is 45.1 Å². The average molecular weight is 332 g/mol. The maximum Gasteiger partial charge on any atom is 0.225 e. The molecule has 2 N–H and O–H groups in total. The van der Waals surface area contributed by atoms with E-state index >= 15 is 0 Å². The zero-order chi connectivity index (χ0) is 17.4. The van der Waals surface area contributed by atoms with Crippen molar-refractivity contribution in [3.63, 3.8) is 0 Å². The summed E-state index contributed by atoms with van der Waals surface area (Å²) >= 11 is 0. The first kappa shape index (κ1) is 18.5. The van der Waals surface area contributed by atoms with Gasteiger partial charge in [-0.15, -0.1) is 0 Å². The fraction of sp³-hybridized carbons (Fsp3) is 0.579. The Hall–Kier alpha value is -1.88. The lowest BCUT2D eigenvalue weighted by Crippen LogP contribution is -2.46. The van der Waals surface area contributed by atoms with E-state index in [0.29, 0.717) is 25.8 Å². The highest BCUT2D eigenvalue weighted by molar-refractivity contribution is 5.81. The number of hydrogen-bond donors (Lipinski definition) is 2. The summed E-state index contributed by atoms with van der Waals surface area (Å²) in [6.45, 7) is 3.23. The second kappa shape index (κ2) is 9.42. The minimum absolute atomic E-state index is 0.00963. The lowest BCUT2D eigenvalue weighted by molar-refractivity contribution is -0.135. The molecule has 5 heteroatoms. The Morgan fingerprint density at radius 3 is 2.75 bits per heavy atom. The molecule has 1 aromatic rings. The molecule has 24 heavy (non-hydrogen) atoms. The Balaban J connectivity index is 2.00. The first-order chi connectivity index (χ1) is 11.7. The normalized spacial score (nSPS) is 18.9. The van der Waals surface area contributed by atoms with Crippen molar-refractivity contribution in [2.24, 2.45) is 5.92 Å². The van der Waals surface area contributed by atoms with Gasteiger partial charge in [0.2, 0.25) is 11.8 Å². The van der Waals surface area contributed by atoms with Crippen LogP contribution in [0.1, 0.15) is 50.6 Å². The standard InChI is InChI=1S/C19H28N2O3/c1-2-18(23)21-12-6-10-16(14-21)19(24)20-17(11-7-13-22)15-8-4-3-5-9-15/h3-5,8-9,16-17,22H,2,6-7,10-14H2,1H3,(H,20,24). The fourth-order valence-corrected chi connectivity index (χ4v) is 3.23. The van der Waals surface area contributed by atoms with Crippen LogP contribution in [-0.2, 0) is 9.59 Å². The Bertz CT molecular complexity index is 533. The molecular formula is C19H28N2O3. The van der Waals surface area contributed by atoms with Crippen molar-refractivity contribution in [1.82, 2.24) is 10.2 Å². The molecule has 1 heterocycles. The van der Waals surface area contributed by atoms with Crippen LogP contribution in [0, 0.1) is 5.92 Å². The zero-order valence-corrected chi connectivity index (χ0v) is 14.4. The molecule has 1 aromatic carbocycles. The molecule has 5 nitrogen and oxygen atoms in total. The SMILES string of the molecule is CCC(=O)N1CCCC(C(=O)NC(CCCO)c2ccccc2)C1. The first-order valence-corrected chi connectivity index (χ1v) is 8.89. The Morgan fingerprint density at radius 1 is 1.33 bits per heavy atom. The summed E-state index contributed by atoms with van der Waals surface area (Å²) in [6.07, 6.45) is 3.52. The highest BCUT2D eigenvalue weighted by Crippen LogP contribution is 2.22. The van der Waals surface area contributed by atoms with Gasteiger partial charge in [0.05, 0.1) is 12.0 Å². The molecule has 2 unspecified atom stereocenters. The van der Waals surface area contributed by atoms with E-state index < -0.39 is 0 Å². The van der Waals surface area contributed by atoms with E-state index in [4.69, 9.17) is 5.11 Å². The summed E-state index contributed by atoms with van der Waals surface area (Å²) in [5.41, 5.74) is 1.05. The molecule has 0 spiro atoms. The summed E-state index contributed by atoms with van der Waals surface area (Å²) in [7, 11) is 0. The van der Waals surface area contributed by atoms with Crippen LogP contribution < -0.4 is 5.32 Å². The summed E-state index contributed by atoms with van der Waals surface area (Å²) in [5.74, 6) is -0.0163. The van der Waals surface area contributed by atoms with Gasteiger partial charge in [0.1, 0.15) is 0 Å². The highest BCUT2D eigenvalue weighted by Gasteiger charge is 2.29. The maximum absolute atomic E-state index is 12.7. The number of aliphatic hydroxyl groups is 1. The van der Waals surface area contributed by atoms with Crippen LogP contribution in [-0.4, -0.2) is 41.5 Å².